The van der Waals surface area contributed by atoms with Crippen molar-refractivity contribution in [3.05, 3.63) is 131 Å². The Bertz CT molecular complexity index is 1070. The first kappa shape index (κ1) is 21.7. The van der Waals surface area contributed by atoms with Crippen LogP contribution >= 0.6 is 0 Å². The predicted octanol–water partition coefficient (Wildman–Crippen LogP) is 7.71. The molecule has 0 fully saturated rings. The van der Waals surface area contributed by atoms with Gasteiger partial charge in [0, 0.05) is 22.0 Å². The summed E-state index contributed by atoms with van der Waals surface area (Å²) in [6.07, 6.45) is 0. The Morgan fingerprint density at radius 3 is 1.09 bits per heavy atom. The van der Waals surface area contributed by atoms with Crippen molar-refractivity contribution >= 4 is 0 Å². The van der Waals surface area contributed by atoms with Crippen LogP contribution in [0.5, 0.6) is 11.5 Å². The van der Waals surface area contributed by atoms with Crippen LogP contribution in [0.2, 0.25) is 0 Å². The van der Waals surface area contributed by atoms with Gasteiger partial charge in [0.2, 0.25) is 0 Å². The van der Waals surface area contributed by atoms with Crippen LogP contribution in [0.1, 0.15) is 49.9 Å². The van der Waals surface area contributed by atoms with Gasteiger partial charge in [-0.2, -0.15) is 0 Å². The van der Waals surface area contributed by atoms with Gasteiger partial charge in [-0.25, -0.2) is 0 Å². The van der Waals surface area contributed by atoms with E-state index in [-0.39, 0.29) is 10.8 Å². The van der Waals surface area contributed by atoms with Crippen molar-refractivity contribution in [1.29, 1.82) is 0 Å². The Labute approximate surface area is 191 Å². The third-order valence-electron chi connectivity index (χ3n) is 6.33. The van der Waals surface area contributed by atoms with E-state index in [1.807, 2.05) is 48.5 Å². The number of benzene rings is 4. The fourth-order valence-corrected chi connectivity index (χ4v) is 4.22. The first-order valence-corrected chi connectivity index (χ1v) is 11.1. The maximum atomic E-state index is 6.00. The zero-order chi connectivity index (χ0) is 22.6. The molecule has 32 heavy (non-hydrogen) atoms. The van der Waals surface area contributed by atoms with Gasteiger partial charge >= 0.3 is 0 Å². The smallest absolute Gasteiger partial charge is 0.182 e. The van der Waals surface area contributed by atoms with Crippen LogP contribution in [0.25, 0.3) is 0 Å². The fourth-order valence-electron chi connectivity index (χ4n) is 4.22. The second kappa shape index (κ2) is 8.92. The second-order valence-electron chi connectivity index (χ2n) is 9.14. The first-order chi connectivity index (χ1) is 15.4. The average molecular weight is 423 g/mol. The molecule has 2 nitrogen and oxygen atoms in total. The van der Waals surface area contributed by atoms with E-state index in [0.29, 0.717) is 11.5 Å². The highest BCUT2D eigenvalue weighted by molar-refractivity contribution is 5.47. The molecule has 0 radical (unpaired) electrons. The summed E-state index contributed by atoms with van der Waals surface area (Å²) >= 11 is 0. The molecule has 0 amide bonds. The van der Waals surface area contributed by atoms with Crippen molar-refractivity contribution in [3.8, 4) is 11.5 Å². The van der Waals surface area contributed by atoms with Gasteiger partial charge in [0.1, 0.15) is 0 Å². The molecule has 0 aliphatic carbocycles. The molecular weight excluding hydrogens is 392 g/mol. The lowest BCUT2D eigenvalue weighted by molar-refractivity contribution is -0.102. The molecule has 0 atom stereocenters. The molecule has 0 unspecified atom stereocenters. The van der Waals surface area contributed by atoms with E-state index >= 15 is 0 Å². The zero-order valence-corrected chi connectivity index (χ0v) is 19.2. The van der Waals surface area contributed by atoms with Crippen LogP contribution in [0, 0.1) is 0 Å². The van der Waals surface area contributed by atoms with Gasteiger partial charge in [0.15, 0.2) is 11.5 Å². The van der Waals surface area contributed by atoms with Crippen molar-refractivity contribution in [2.24, 2.45) is 0 Å². The lowest BCUT2D eigenvalue weighted by Crippen LogP contribution is -2.22. The molecule has 4 rings (SSSR count). The van der Waals surface area contributed by atoms with E-state index in [0.717, 1.165) is 11.1 Å². The van der Waals surface area contributed by atoms with Gasteiger partial charge in [-0.3, -0.25) is 9.78 Å². The highest BCUT2D eigenvalue weighted by Crippen LogP contribution is 2.39. The predicted molar refractivity (Wildman–Crippen MR) is 131 cm³/mol. The topological polar surface area (TPSA) is 18.5 Å². The SMILES string of the molecule is CC(C)(c1ccccc1)c1ccccc1OOc1ccccc1C(C)(C)c1ccccc1. The minimum Gasteiger partial charge on any atom is -0.290 e. The number of hydrogen-bond donors (Lipinski definition) is 0. The van der Waals surface area contributed by atoms with Crippen LogP contribution in [0.15, 0.2) is 109 Å². The lowest BCUT2D eigenvalue weighted by atomic mass is 9.77. The summed E-state index contributed by atoms with van der Waals surface area (Å²) in [6.45, 7) is 8.82. The van der Waals surface area contributed by atoms with E-state index in [4.69, 9.17) is 9.78 Å². The van der Waals surface area contributed by atoms with E-state index in [1.165, 1.54) is 11.1 Å². The largest absolute Gasteiger partial charge is 0.290 e. The molecule has 0 bridgehead atoms. The minimum absolute atomic E-state index is 0.232. The Balaban J connectivity index is 1.64. The van der Waals surface area contributed by atoms with Crippen LogP contribution < -0.4 is 9.78 Å². The van der Waals surface area contributed by atoms with E-state index in [1.54, 1.807) is 0 Å². The summed E-state index contributed by atoms with van der Waals surface area (Å²) in [6, 6.07) is 37.1. The Kier molecular flexibility index (Phi) is 6.05. The Morgan fingerprint density at radius 1 is 0.406 bits per heavy atom. The standard InChI is InChI=1S/C30H30O2/c1-29(2,23-15-7-5-8-16-23)25-19-11-13-21-27(25)31-32-28-22-14-12-20-26(28)30(3,4)24-17-9-6-10-18-24/h5-22H,1-4H3. The van der Waals surface area contributed by atoms with E-state index in [9.17, 15) is 0 Å². The second-order valence-corrected chi connectivity index (χ2v) is 9.14. The summed E-state index contributed by atoms with van der Waals surface area (Å²) in [5, 5.41) is 0. The van der Waals surface area contributed by atoms with Gasteiger partial charge in [0.25, 0.3) is 0 Å². The monoisotopic (exact) mass is 422 g/mol. The Morgan fingerprint density at radius 2 is 0.719 bits per heavy atom. The molecule has 0 spiro atoms. The van der Waals surface area contributed by atoms with Gasteiger partial charge in [-0.1, -0.05) is 125 Å². The van der Waals surface area contributed by atoms with Crippen LogP contribution in [-0.2, 0) is 10.8 Å². The highest BCUT2D eigenvalue weighted by Gasteiger charge is 2.29. The molecule has 0 N–H and O–H groups in total. The third kappa shape index (κ3) is 4.27. The quantitative estimate of drug-likeness (QED) is 0.224. The van der Waals surface area contributed by atoms with Crippen molar-refractivity contribution in [1.82, 2.24) is 0 Å². The van der Waals surface area contributed by atoms with Gasteiger partial charge in [0.05, 0.1) is 0 Å². The number of rotatable bonds is 7. The summed E-state index contributed by atoms with van der Waals surface area (Å²) in [7, 11) is 0. The number of hydrogen-bond acceptors (Lipinski definition) is 2. The van der Waals surface area contributed by atoms with Crippen LogP contribution in [0.4, 0.5) is 0 Å². The molecule has 0 aromatic heterocycles. The minimum atomic E-state index is -0.232. The lowest BCUT2D eigenvalue weighted by Gasteiger charge is -2.29. The molecule has 4 aromatic carbocycles. The maximum Gasteiger partial charge on any atom is 0.182 e. The molecule has 0 aliphatic heterocycles. The molecule has 0 saturated carbocycles. The molecule has 4 aromatic rings. The van der Waals surface area contributed by atoms with Crippen molar-refractivity contribution in [2.75, 3.05) is 0 Å². The van der Waals surface area contributed by atoms with E-state index in [2.05, 4.69) is 88.4 Å². The maximum absolute atomic E-state index is 6.00. The summed E-state index contributed by atoms with van der Waals surface area (Å²) in [5.41, 5.74) is 4.13. The summed E-state index contributed by atoms with van der Waals surface area (Å²) in [5.74, 6) is 1.43. The van der Waals surface area contributed by atoms with Crippen molar-refractivity contribution < 1.29 is 9.78 Å². The van der Waals surface area contributed by atoms with Gasteiger partial charge in [-0.15, -0.1) is 0 Å². The molecule has 0 saturated heterocycles. The van der Waals surface area contributed by atoms with Crippen molar-refractivity contribution in [3.63, 3.8) is 0 Å². The fraction of sp³-hybridized carbons (Fsp3) is 0.200. The number of para-hydroxylation sites is 2. The third-order valence-corrected chi connectivity index (χ3v) is 6.33. The van der Waals surface area contributed by atoms with Gasteiger partial charge < -0.3 is 0 Å². The zero-order valence-electron chi connectivity index (χ0n) is 19.2. The van der Waals surface area contributed by atoms with E-state index < -0.39 is 0 Å². The normalized spacial score (nSPS) is 11.8. The highest BCUT2D eigenvalue weighted by atomic mass is 17.2. The molecule has 162 valence electrons. The average Bonchev–Trinajstić information content (AvgIpc) is 2.84. The van der Waals surface area contributed by atoms with Crippen LogP contribution in [-0.4, -0.2) is 0 Å². The van der Waals surface area contributed by atoms with Crippen molar-refractivity contribution in [2.45, 2.75) is 38.5 Å². The summed E-state index contributed by atoms with van der Waals surface area (Å²) in [4.78, 5) is 12.0. The van der Waals surface area contributed by atoms with Gasteiger partial charge in [-0.05, 0) is 23.3 Å². The summed E-state index contributed by atoms with van der Waals surface area (Å²) < 4.78 is 0. The molecular formula is C30H30O2. The molecule has 0 heterocycles. The molecule has 0 aliphatic rings. The Hall–Kier alpha value is -3.52. The molecule has 2 heteroatoms. The van der Waals surface area contributed by atoms with Crippen LogP contribution in [0.3, 0.4) is 0 Å². The first-order valence-electron chi connectivity index (χ1n) is 11.1.